The van der Waals surface area contributed by atoms with Crippen molar-refractivity contribution in [2.24, 2.45) is 0 Å². The number of rotatable bonds is 5. The Kier molecular flexibility index (Phi) is 5.56. The number of hydrogen-bond donors (Lipinski definition) is 1. The van der Waals surface area contributed by atoms with Gasteiger partial charge in [0.1, 0.15) is 5.82 Å². The molecule has 6 heteroatoms. The van der Waals surface area contributed by atoms with Crippen molar-refractivity contribution in [3.63, 3.8) is 0 Å². The van der Waals surface area contributed by atoms with Gasteiger partial charge in [-0.3, -0.25) is 9.00 Å². The monoisotopic (exact) mass is 381 g/mol. The van der Waals surface area contributed by atoms with Crippen LogP contribution in [0.2, 0.25) is 0 Å². The van der Waals surface area contributed by atoms with Crippen LogP contribution >= 0.6 is 0 Å². The predicted molar refractivity (Wildman–Crippen MR) is 109 cm³/mol. The van der Waals surface area contributed by atoms with Crippen LogP contribution in [0.4, 0.5) is 5.82 Å². The zero-order valence-corrected chi connectivity index (χ0v) is 16.7. The van der Waals surface area contributed by atoms with Crippen LogP contribution in [0, 0.1) is 13.8 Å². The largest absolute Gasteiger partial charge is 0.306 e. The summed E-state index contributed by atoms with van der Waals surface area (Å²) in [5.41, 5.74) is 3.36. The lowest BCUT2D eigenvalue weighted by Gasteiger charge is -2.10. The fourth-order valence-electron chi connectivity index (χ4n) is 2.67. The van der Waals surface area contributed by atoms with Gasteiger partial charge in [-0.05, 0) is 50.2 Å². The first-order chi connectivity index (χ1) is 12.8. The van der Waals surface area contributed by atoms with E-state index in [4.69, 9.17) is 0 Å². The molecule has 0 aliphatic rings. The van der Waals surface area contributed by atoms with E-state index in [1.165, 1.54) is 0 Å². The Morgan fingerprint density at radius 1 is 1.04 bits per heavy atom. The molecule has 140 valence electrons. The van der Waals surface area contributed by atoms with E-state index in [-0.39, 0.29) is 11.2 Å². The highest BCUT2D eigenvalue weighted by atomic mass is 32.2. The van der Waals surface area contributed by atoms with Gasteiger partial charge in [0.15, 0.2) is 0 Å². The second-order valence-corrected chi connectivity index (χ2v) is 8.75. The number of carbonyl (C=O) groups excluding carboxylic acids is 1. The van der Waals surface area contributed by atoms with Crippen molar-refractivity contribution in [3.05, 3.63) is 71.4 Å². The first-order valence-electron chi connectivity index (χ1n) is 8.81. The zero-order valence-electron chi connectivity index (χ0n) is 15.9. The minimum Gasteiger partial charge on any atom is -0.306 e. The molecular weight excluding hydrogens is 358 g/mol. The molecule has 0 unspecified atom stereocenters. The van der Waals surface area contributed by atoms with Crippen molar-refractivity contribution in [2.45, 2.75) is 37.8 Å². The summed E-state index contributed by atoms with van der Waals surface area (Å²) in [6, 6.07) is 16.7. The third-order valence-corrected chi connectivity index (χ3v) is 5.72. The van der Waals surface area contributed by atoms with Gasteiger partial charge >= 0.3 is 0 Å². The van der Waals surface area contributed by atoms with Crippen LogP contribution in [0.3, 0.4) is 0 Å². The molecule has 0 aliphatic carbocycles. The number of amides is 1. The standard InChI is InChI=1S/C21H23N3O2S/c1-14(2)27(26)19-11-7-17(8-12-19)21(25)22-20-13-16(4)23-24(20)18-9-5-15(3)6-10-18/h5-14H,1-4H3,(H,22,25)/t27-/m0/s1. The molecule has 27 heavy (non-hydrogen) atoms. The Balaban J connectivity index is 1.82. The van der Waals surface area contributed by atoms with E-state index in [0.29, 0.717) is 11.4 Å². The van der Waals surface area contributed by atoms with Crippen LogP contribution in [0.5, 0.6) is 0 Å². The van der Waals surface area contributed by atoms with E-state index < -0.39 is 10.8 Å². The molecule has 3 rings (SSSR count). The molecule has 0 saturated carbocycles. The van der Waals surface area contributed by atoms with Crippen LogP contribution in [-0.2, 0) is 10.8 Å². The van der Waals surface area contributed by atoms with Crippen LogP contribution < -0.4 is 5.32 Å². The molecule has 0 radical (unpaired) electrons. The Bertz CT molecular complexity index is 974. The second kappa shape index (κ2) is 7.88. The maximum atomic E-state index is 12.6. The molecule has 2 aromatic carbocycles. The third kappa shape index (κ3) is 4.34. The third-order valence-electron chi connectivity index (χ3n) is 4.13. The van der Waals surface area contributed by atoms with Crippen molar-refractivity contribution in [1.82, 2.24) is 9.78 Å². The zero-order chi connectivity index (χ0) is 19.6. The maximum Gasteiger partial charge on any atom is 0.256 e. The van der Waals surface area contributed by atoms with Crippen molar-refractivity contribution >= 4 is 22.5 Å². The Morgan fingerprint density at radius 2 is 1.67 bits per heavy atom. The lowest BCUT2D eigenvalue weighted by atomic mass is 10.2. The molecule has 0 saturated heterocycles. The highest BCUT2D eigenvalue weighted by molar-refractivity contribution is 7.85. The number of aromatic nitrogens is 2. The molecule has 5 nitrogen and oxygen atoms in total. The molecule has 1 amide bonds. The molecule has 1 aromatic heterocycles. The van der Waals surface area contributed by atoms with Crippen LogP contribution in [-0.4, -0.2) is 25.1 Å². The molecule has 3 aromatic rings. The number of hydrogen-bond acceptors (Lipinski definition) is 3. The van der Waals surface area contributed by atoms with E-state index >= 15 is 0 Å². The van der Waals surface area contributed by atoms with Gasteiger partial charge in [-0.2, -0.15) is 5.10 Å². The average molecular weight is 382 g/mol. The van der Waals surface area contributed by atoms with Crippen LogP contribution in [0.1, 0.15) is 35.5 Å². The van der Waals surface area contributed by atoms with Gasteiger partial charge < -0.3 is 5.32 Å². The summed E-state index contributed by atoms with van der Waals surface area (Å²) in [6.07, 6.45) is 0. The van der Waals surface area contributed by atoms with E-state index in [1.54, 1.807) is 28.9 Å². The first kappa shape index (κ1) is 19.0. The van der Waals surface area contributed by atoms with Crippen molar-refractivity contribution in [1.29, 1.82) is 0 Å². The Hall–Kier alpha value is -2.73. The normalized spacial score (nSPS) is 12.2. The van der Waals surface area contributed by atoms with Crippen molar-refractivity contribution < 1.29 is 9.00 Å². The minimum absolute atomic E-state index is 0.0384. The van der Waals surface area contributed by atoms with Gasteiger partial charge in [-0.1, -0.05) is 31.5 Å². The Labute approximate surface area is 161 Å². The molecular formula is C21H23N3O2S. The summed E-state index contributed by atoms with van der Waals surface area (Å²) in [5, 5.41) is 7.43. The predicted octanol–water partition coefficient (Wildman–Crippen LogP) is 4.26. The second-order valence-electron chi connectivity index (χ2n) is 6.74. The fraction of sp³-hybridized carbons (Fsp3) is 0.238. The summed E-state index contributed by atoms with van der Waals surface area (Å²) in [5.74, 6) is 0.376. The van der Waals surface area contributed by atoms with Gasteiger partial charge in [0.2, 0.25) is 0 Å². The first-order valence-corrected chi connectivity index (χ1v) is 10.0. The minimum atomic E-state index is -1.07. The van der Waals surface area contributed by atoms with Gasteiger partial charge in [0.05, 0.1) is 22.2 Å². The smallest absolute Gasteiger partial charge is 0.256 e. The molecule has 0 spiro atoms. The number of carbonyl (C=O) groups is 1. The summed E-state index contributed by atoms with van der Waals surface area (Å²) in [6.45, 7) is 7.73. The number of anilines is 1. The van der Waals surface area contributed by atoms with Gasteiger partial charge in [0.25, 0.3) is 5.91 Å². The molecule has 1 N–H and O–H groups in total. The summed E-state index contributed by atoms with van der Waals surface area (Å²) in [7, 11) is -1.07. The fourth-order valence-corrected chi connectivity index (χ4v) is 3.62. The number of nitrogens with one attached hydrogen (secondary N) is 1. The maximum absolute atomic E-state index is 12.6. The van der Waals surface area contributed by atoms with Crippen molar-refractivity contribution in [3.8, 4) is 5.69 Å². The quantitative estimate of drug-likeness (QED) is 0.718. The SMILES string of the molecule is Cc1ccc(-n2nc(C)cc2NC(=O)c2ccc([S@@](=O)C(C)C)cc2)cc1. The Morgan fingerprint density at radius 3 is 2.26 bits per heavy atom. The lowest BCUT2D eigenvalue weighted by molar-refractivity contribution is 0.102. The van der Waals surface area contributed by atoms with Gasteiger partial charge in [-0.15, -0.1) is 0 Å². The summed E-state index contributed by atoms with van der Waals surface area (Å²) < 4.78 is 13.9. The molecule has 1 heterocycles. The highest BCUT2D eigenvalue weighted by Gasteiger charge is 2.14. The lowest BCUT2D eigenvalue weighted by Crippen LogP contribution is -2.15. The molecule has 0 fully saturated rings. The van der Waals surface area contributed by atoms with Crippen molar-refractivity contribution in [2.75, 3.05) is 5.32 Å². The van der Waals surface area contributed by atoms with Gasteiger partial charge in [-0.25, -0.2) is 4.68 Å². The molecule has 0 bridgehead atoms. The van der Waals surface area contributed by atoms with E-state index in [1.807, 2.05) is 58.0 Å². The van der Waals surface area contributed by atoms with Gasteiger partial charge in [0, 0.05) is 21.8 Å². The highest BCUT2D eigenvalue weighted by Crippen LogP contribution is 2.19. The van der Waals surface area contributed by atoms with E-state index in [0.717, 1.165) is 21.8 Å². The topological polar surface area (TPSA) is 64.0 Å². The number of aryl methyl sites for hydroxylation is 2. The summed E-state index contributed by atoms with van der Waals surface area (Å²) >= 11 is 0. The van der Waals surface area contributed by atoms with E-state index in [2.05, 4.69) is 10.4 Å². The number of nitrogens with zero attached hydrogens (tertiary/aromatic N) is 2. The van der Waals surface area contributed by atoms with Crippen LogP contribution in [0.25, 0.3) is 5.69 Å². The van der Waals surface area contributed by atoms with Crippen LogP contribution in [0.15, 0.2) is 59.5 Å². The molecule has 0 aliphatic heterocycles. The van der Waals surface area contributed by atoms with E-state index in [9.17, 15) is 9.00 Å². The average Bonchev–Trinajstić information content (AvgIpc) is 3.01. The summed E-state index contributed by atoms with van der Waals surface area (Å²) in [4.78, 5) is 13.4. The molecule has 1 atom stereocenters. The number of benzene rings is 2.